The van der Waals surface area contributed by atoms with Gasteiger partial charge < -0.3 is 4.90 Å². The summed E-state index contributed by atoms with van der Waals surface area (Å²) < 4.78 is 1.77. The Morgan fingerprint density at radius 3 is 2.76 bits per heavy atom. The summed E-state index contributed by atoms with van der Waals surface area (Å²) in [6, 6.07) is 3.77. The average molecular weight is 230 g/mol. The minimum absolute atomic E-state index is 0.0150. The van der Waals surface area contributed by atoms with Crippen LogP contribution in [0.5, 0.6) is 0 Å². The van der Waals surface area contributed by atoms with Gasteiger partial charge in [-0.2, -0.15) is 5.10 Å². The summed E-state index contributed by atoms with van der Waals surface area (Å²) in [7, 11) is 1.74. The fourth-order valence-corrected chi connectivity index (χ4v) is 1.64. The molecule has 0 aliphatic rings. The molecule has 2 aromatic rings. The molecule has 5 heteroatoms. The first-order valence-corrected chi connectivity index (χ1v) is 5.30. The molecule has 0 aliphatic carbocycles. The van der Waals surface area contributed by atoms with Gasteiger partial charge in [0.25, 0.3) is 0 Å². The lowest BCUT2D eigenvalue weighted by molar-refractivity contribution is -0.116. The Labute approximate surface area is 99.7 Å². The van der Waals surface area contributed by atoms with Gasteiger partial charge in [0.2, 0.25) is 5.91 Å². The predicted octanol–water partition coefficient (Wildman–Crippen LogP) is 1.56. The topological polar surface area (TPSA) is 51.0 Å². The number of anilines is 1. The summed E-state index contributed by atoms with van der Waals surface area (Å²) in [5.74, 6) is -0.0150. The van der Waals surface area contributed by atoms with E-state index in [4.69, 9.17) is 0 Å². The van der Waals surface area contributed by atoms with E-state index in [1.165, 1.54) is 6.92 Å². The fourth-order valence-electron chi connectivity index (χ4n) is 1.64. The number of carbonyl (C=O) groups excluding carboxylic acids is 1. The van der Waals surface area contributed by atoms with E-state index in [-0.39, 0.29) is 5.91 Å². The Morgan fingerprint density at radius 1 is 1.41 bits per heavy atom. The zero-order valence-electron chi connectivity index (χ0n) is 10.1. The molecule has 0 unspecified atom stereocenters. The van der Waals surface area contributed by atoms with Crippen LogP contribution in [0.3, 0.4) is 0 Å². The molecular weight excluding hydrogens is 216 g/mol. The lowest BCUT2D eigenvalue weighted by Crippen LogP contribution is -2.23. The second kappa shape index (κ2) is 4.37. The van der Waals surface area contributed by atoms with E-state index in [0.29, 0.717) is 0 Å². The van der Waals surface area contributed by atoms with Gasteiger partial charge in [-0.1, -0.05) is 0 Å². The van der Waals surface area contributed by atoms with Crippen LogP contribution in [0.1, 0.15) is 12.6 Å². The standard InChI is InChI=1S/C12H14N4O/c1-9-12(15(3)10(2)17)8-14-16(9)11-5-4-6-13-7-11/h4-8H,1-3H3. The molecule has 88 valence electrons. The van der Waals surface area contributed by atoms with Crippen LogP contribution in [0.15, 0.2) is 30.7 Å². The SMILES string of the molecule is CC(=O)N(C)c1cnn(-c2cccnc2)c1C. The molecule has 0 aromatic carbocycles. The third-order valence-electron chi connectivity index (χ3n) is 2.71. The van der Waals surface area contributed by atoms with Crippen molar-refractivity contribution in [3.63, 3.8) is 0 Å². The lowest BCUT2D eigenvalue weighted by atomic mass is 10.3. The number of carbonyl (C=O) groups is 1. The van der Waals surface area contributed by atoms with Gasteiger partial charge in [-0.25, -0.2) is 4.68 Å². The molecule has 0 radical (unpaired) electrons. The highest BCUT2D eigenvalue weighted by molar-refractivity contribution is 5.91. The third kappa shape index (κ3) is 2.04. The molecule has 0 atom stereocenters. The van der Waals surface area contributed by atoms with E-state index in [2.05, 4.69) is 10.1 Å². The van der Waals surface area contributed by atoms with E-state index in [0.717, 1.165) is 17.1 Å². The molecule has 0 spiro atoms. The Morgan fingerprint density at radius 2 is 2.18 bits per heavy atom. The first-order chi connectivity index (χ1) is 8.11. The van der Waals surface area contributed by atoms with Gasteiger partial charge in [0, 0.05) is 20.2 Å². The van der Waals surface area contributed by atoms with Crippen molar-refractivity contribution in [2.24, 2.45) is 0 Å². The second-order valence-corrected chi connectivity index (χ2v) is 3.82. The number of nitrogens with zero attached hydrogens (tertiary/aromatic N) is 4. The number of amides is 1. The van der Waals surface area contributed by atoms with Crippen LogP contribution in [-0.4, -0.2) is 27.7 Å². The average Bonchev–Trinajstić information content (AvgIpc) is 2.71. The number of rotatable bonds is 2. The smallest absolute Gasteiger partial charge is 0.223 e. The zero-order chi connectivity index (χ0) is 12.4. The summed E-state index contributed by atoms with van der Waals surface area (Å²) in [4.78, 5) is 16.9. The van der Waals surface area contributed by atoms with Crippen LogP contribution in [0.25, 0.3) is 5.69 Å². The maximum Gasteiger partial charge on any atom is 0.223 e. The Hall–Kier alpha value is -2.17. The fraction of sp³-hybridized carbons (Fsp3) is 0.250. The molecule has 0 saturated heterocycles. The molecule has 17 heavy (non-hydrogen) atoms. The Bertz CT molecular complexity index is 533. The maximum absolute atomic E-state index is 11.3. The Kier molecular flexibility index (Phi) is 2.91. The predicted molar refractivity (Wildman–Crippen MR) is 65.2 cm³/mol. The highest BCUT2D eigenvalue weighted by Crippen LogP contribution is 2.20. The molecule has 1 amide bonds. The zero-order valence-corrected chi connectivity index (χ0v) is 10.1. The van der Waals surface area contributed by atoms with Gasteiger partial charge in [-0.3, -0.25) is 9.78 Å². The molecule has 0 saturated carbocycles. The first-order valence-electron chi connectivity index (χ1n) is 5.30. The molecule has 0 N–H and O–H groups in total. The number of pyridine rings is 1. The summed E-state index contributed by atoms with van der Waals surface area (Å²) in [6.07, 6.45) is 5.13. The molecule has 2 aromatic heterocycles. The highest BCUT2D eigenvalue weighted by atomic mass is 16.2. The molecule has 0 aliphatic heterocycles. The van der Waals surface area contributed by atoms with Crippen molar-refractivity contribution < 1.29 is 4.79 Å². The molecule has 2 heterocycles. The summed E-state index contributed by atoms with van der Waals surface area (Å²) in [5, 5.41) is 4.27. The summed E-state index contributed by atoms with van der Waals surface area (Å²) in [5.41, 5.74) is 2.60. The summed E-state index contributed by atoms with van der Waals surface area (Å²) >= 11 is 0. The van der Waals surface area contributed by atoms with Gasteiger partial charge in [0.05, 0.1) is 29.5 Å². The van der Waals surface area contributed by atoms with E-state index < -0.39 is 0 Å². The van der Waals surface area contributed by atoms with Crippen LogP contribution in [0.2, 0.25) is 0 Å². The molecule has 5 nitrogen and oxygen atoms in total. The van der Waals surface area contributed by atoms with Crippen LogP contribution in [0.4, 0.5) is 5.69 Å². The van der Waals surface area contributed by atoms with Crippen molar-refractivity contribution in [2.45, 2.75) is 13.8 Å². The highest BCUT2D eigenvalue weighted by Gasteiger charge is 2.14. The largest absolute Gasteiger partial charge is 0.313 e. The Balaban J connectivity index is 2.43. The van der Waals surface area contributed by atoms with Crippen molar-refractivity contribution >= 4 is 11.6 Å². The van der Waals surface area contributed by atoms with Gasteiger partial charge in [0.15, 0.2) is 0 Å². The number of hydrogen-bond donors (Lipinski definition) is 0. The van der Waals surface area contributed by atoms with Gasteiger partial charge >= 0.3 is 0 Å². The van der Waals surface area contributed by atoms with E-state index in [1.54, 1.807) is 35.2 Å². The van der Waals surface area contributed by atoms with Crippen LogP contribution < -0.4 is 4.90 Å². The normalized spacial score (nSPS) is 10.3. The monoisotopic (exact) mass is 230 g/mol. The quantitative estimate of drug-likeness (QED) is 0.786. The maximum atomic E-state index is 11.3. The van der Waals surface area contributed by atoms with Gasteiger partial charge in [-0.05, 0) is 19.1 Å². The minimum Gasteiger partial charge on any atom is -0.313 e. The number of hydrogen-bond acceptors (Lipinski definition) is 3. The molecular formula is C12H14N4O. The second-order valence-electron chi connectivity index (χ2n) is 3.82. The van der Waals surface area contributed by atoms with Crippen LogP contribution in [-0.2, 0) is 4.79 Å². The van der Waals surface area contributed by atoms with Gasteiger partial charge in [0.1, 0.15) is 0 Å². The van der Waals surface area contributed by atoms with E-state index in [1.807, 2.05) is 19.1 Å². The number of aromatic nitrogens is 3. The summed E-state index contributed by atoms with van der Waals surface area (Å²) in [6.45, 7) is 3.45. The minimum atomic E-state index is -0.0150. The molecule has 2 rings (SSSR count). The van der Waals surface area contributed by atoms with Crippen LogP contribution in [0, 0.1) is 6.92 Å². The molecule has 0 fully saturated rings. The van der Waals surface area contributed by atoms with Crippen molar-refractivity contribution in [3.05, 3.63) is 36.4 Å². The van der Waals surface area contributed by atoms with Crippen molar-refractivity contribution in [1.29, 1.82) is 0 Å². The van der Waals surface area contributed by atoms with Gasteiger partial charge in [-0.15, -0.1) is 0 Å². The van der Waals surface area contributed by atoms with Crippen molar-refractivity contribution in [1.82, 2.24) is 14.8 Å². The van der Waals surface area contributed by atoms with Crippen molar-refractivity contribution in [3.8, 4) is 5.69 Å². The molecule has 0 bridgehead atoms. The first kappa shape index (κ1) is 11.3. The third-order valence-corrected chi connectivity index (χ3v) is 2.71. The lowest BCUT2D eigenvalue weighted by Gasteiger charge is -2.14. The van der Waals surface area contributed by atoms with E-state index in [9.17, 15) is 4.79 Å². The van der Waals surface area contributed by atoms with E-state index >= 15 is 0 Å². The van der Waals surface area contributed by atoms with Crippen LogP contribution >= 0.6 is 0 Å². The van der Waals surface area contributed by atoms with Crippen molar-refractivity contribution in [2.75, 3.05) is 11.9 Å².